The molecule has 2 N–H and O–H groups in total. The molecule has 0 aromatic heterocycles. The molecule has 0 spiro atoms. The van der Waals surface area contributed by atoms with Gasteiger partial charge in [-0.05, 0) is 42.7 Å². The van der Waals surface area contributed by atoms with Crippen LogP contribution in [0.2, 0.25) is 0 Å². The average molecular weight is 289 g/mol. The summed E-state index contributed by atoms with van der Waals surface area (Å²) in [5.74, 6) is -0.891. The van der Waals surface area contributed by atoms with Crippen LogP contribution in [0.5, 0.6) is 0 Å². The molecule has 2 atom stereocenters. The zero-order valence-electron chi connectivity index (χ0n) is 12.5. The maximum Gasteiger partial charge on any atom is 0.326 e. The standard InChI is InChI=1S/C17H23NO3/c1-2-6-15(17(20)21)18-16(19)11-13-9-5-8-12-7-3-4-10-14(12)13/h3-4,7,10,13,15H,2,5-6,8-9,11H2,1H3,(H,18,19)(H,20,21). The van der Waals surface area contributed by atoms with E-state index in [0.717, 1.165) is 25.7 Å². The van der Waals surface area contributed by atoms with Crippen LogP contribution in [0.4, 0.5) is 0 Å². The predicted octanol–water partition coefficient (Wildman–Crippen LogP) is 2.87. The maximum atomic E-state index is 12.1. The van der Waals surface area contributed by atoms with Crippen molar-refractivity contribution in [2.24, 2.45) is 0 Å². The molecule has 2 unspecified atom stereocenters. The molecule has 1 aromatic rings. The number of benzene rings is 1. The Morgan fingerprint density at radius 2 is 2.14 bits per heavy atom. The lowest BCUT2D eigenvalue weighted by Crippen LogP contribution is -2.41. The van der Waals surface area contributed by atoms with Crippen LogP contribution in [0.1, 0.15) is 56.1 Å². The van der Waals surface area contributed by atoms with Gasteiger partial charge in [-0.25, -0.2) is 4.79 Å². The van der Waals surface area contributed by atoms with E-state index in [1.165, 1.54) is 11.1 Å². The van der Waals surface area contributed by atoms with Gasteiger partial charge >= 0.3 is 5.97 Å². The summed E-state index contributed by atoms with van der Waals surface area (Å²) in [5.41, 5.74) is 2.58. The average Bonchev–Trinajstić information content (AvgIpc) is 2.47. The summed E-state index contributed by atoms with van der Waals surface area (Å²) < 4.78 is 0. The fourth-order valence-electron chi connectivity index (χ4n) is 3.09. The number of carboxylic acid groups (broad SMARTS) is 1. The molecule has 4 heteroatoms. The first-order valence-corrected chi connectivity index (χ1v) is 7.71. The second-order valence-electron chi connectivity index (χ2n) is 5.74. The number of hydrogen-bond donors (Lipinski definition) is 2. The quantitative estimate of drug-likeness (QED) is 0.846. The van der Waals surface area contributed by atoms with Crippen LogP contribution in [0.25, 0.3) is 0 Å². The SMILES string of the molecule is CCCC(NC(=O)CC1CCCc2ccccc21)C(=O)O. The van der Waals surface area contributed by atoms with E-state index in [2.05, 4.69) is 17.4 Å². The number of amides is 1. The molecule has 114 valence electrons. The molecule has 0 saturated carbocycles. The molecule has 4 nitrogen and oxygen atoms in total. The molecular weight excluding hydrogens is 266 g/mol. The minimum Gasteiger partial charge on any atom is -0.480 e. The molecule has 0 aliphatic heterocycles. The number of carboxylic acids is 1. The molecule has 0 radical (unpaired) electrons. The molecule has 1 aliphatic carbocycles. The Hall–Kier alpha value is -1.84. The normalized spacial score (nSPS) is 18.6. The van der Waals surface area contributed by atoms with Gasteiger partial charge in [-0.3, -0.25) is 4.79 Å². The van der Waals surface area contributed by atoms with Crippen molar-refractivity contribution in [3.8, 4) is 0 Å². The second-order valence-corrected chi connectivity index (χ2v) is 5.74. The van der Waals surface area contributed by atoms with Crippen LogP contribution in [-0.4, -0.2) is 23.0 Å². The van der Waals surface area contributed by atoms with E-state index in [1.54, 1.807) is 0 Å². The minimum absolute atomic E-state index is 0.155. The van der Waals surface area contributed by atoms with E-state index in [1.807, 2.05) is 19.1 Å². The molecule has 0 heterocycles. The smallest absolute Gasteiger partial charge is 0.326 e. The van der Waals surface area contributed by atoms with Crippen molar-refractivity contribution in [1.29, 1.82) is 0 Å². The maximum absolute atomic E-state index is 12.1. The minimum atomic E-state index is -0.950. The summed E-state index contributed by atoms with van der Waals surface area (Å²) in [7, 11) is 0. The Bertz CT molecular complexity index is 513. The lowest BCUT2D eigenvalue weighted by Gasteiger charge is -2.25. The van der Waals surface area contributed by atoms with Crippen molar-refractivity contribution in [1.82, 2.24) is 5.32 Å². The van der Waals surface area contributed by atoms with Gasteiger partial charge in [-0.15, -0.1) is 0 Å². The molecule has 0 bridgehead atoms. The molecule has 21 heavy (non-hydrogen) atoms. The van der Waals surface area contributed by atoms with Crippen molar-refractivity contribution >= 4 is 11.9 Å². The van der Waals surface area contributed by atoms with E-state index >= 15 is 0 Å². The largest absolute Gasteiger partial charge is 0.480 e. The van der Waals surface area contributed by atoms with Crippen LogP contribution < -0.4 is 5.32 Å². The van der Waals surface area contributed by atoms with Gasteiger partial charge in [0.1, 0.15) is 6.04 Å². The van der Waals surface area contributed by atoms with E-state index in [4.69, 9.17) is 5.11 Å². The van der Waals surface area contributed by atoms with Crippen molar-refractivity contribution in [2.75, 3.05) is 0 Å². The highest BCUT2D eigenvalue weighted by atomic mass is 16.4. The van der Waals surface area contributed by atoms with Gasteiger partial charge in [0.05, 0.1) is 0 Å². The van der Waals surface area contributed by atoms with Crippen molar-refractivity contribution in [3.05, 3.63) is 35.4 Å². The third-order valence-corrected chi connectivity index (χ3v) is 4.14. The number of carbonyl (C=O) groups excluding carboxylic acids is 1. The van der Waals surface area contributed by atoms with E-state index in [9.17, 15) is 9.59 Å². The Morgan fingerprint density at radius 3 is 2.86 bits per heavy atom. The van der Waals surface area contributed by atoms with Gasteiger partial charge in [0.2, 0.25) is 5.91 Å². The van der Waals surface area contributed by atoms with Gasteiger partial charge in [0, 0.05) is 6.42 Å². The van der Waals surface area contributed by atoms with Gasteiger partial charge in [-0.1, -0.05) is 37.6 Å². The van der Waals surface area contributed by atoms with Crippen LogP contribution in [-0.2, 0) is 16.0 Å². The first-order valence-electron chi connectivity index (χ1n) is 7.71. The zero-order valence-corrected chi connectivity index (χ0v) is 12.5. The number of fused-ring (bicyclic) bond motifs is 1. The number of nitrogens with one attached hydrogen (secondary N) is 1. The summed E-state index contributed by atoms with van der Waals surface area (Å²) in [5, 5.41) is 11.8. The number of rotatable bonds is 6. The van der Waals surface area contributed by atoms with Gasteiger partial charge < -0.3 is 10.4 Å². The van der Waals surface area contributed by atoms with E-state index < -0.39 is 12.0 Å². The second kappa shape index (κ2) is 7.25. The summed E-state index contributed by atoms with van der Waals surface area (Å²) >= 11 is 0. The van der Waals surface area contributed by atoms with Crippen LogP contribution in [0.15, 0.2) is 24.3 Å². The van der Waals surface area contributed by atoms with Gasteiger partial charge in [0.15, 0.2) is 0 Å². The van der Waals surface area contributed by atoms with Crippen molar-refractivity contribution < 1.29 is 14.7 Å². The number of aryl methyl sites for hydroxylation is 1. The zero-order chi connectivity index (χ0) is 15.2. The highest BCUT2D eigenvalue weighted by Gasteiger charge is 2.24. The fourth-order valence-corrected chi connectivity index (χ4v) is 3.09. The number of carbonyl (C=O) groups is 2. The lowest BCUT2D eigenvalue weighted by atomic mass is 9.81. The van der Waals surface area contributed by atoms with Crippen LogP contribution in [0, 0.1) is 0 Å². The fraction of sp³-hybridized carbons (Fsp3) is 0.529. The first-order chi connectivity index (χ1) is 10.1. The van der Waals surface area contributed by atoms with Crippen LogP contribution >= 0.6 is 0 Å². The topological polar surface area (TPSA) is 66.4 Å². The Labute approximate surface area is 125 Å². The molecule has 1 aromatic carbocycles. The van der Waals surface area contributed by atoms with Crippen LogP contribution in [0.3, 0.4) is 0 Å². The highest BCUT2D eigenvalue weighted by molar-refractivity contribution is 5.84. The van der Waals surface area contributed by atoms with E-state index in [0.29, 0.717) is 12.8 Å². The molecule has 0 saturated heterocycles. The summed E-state index contributed by atoms with van der Waals surface area (Å²) in [6, 6.07) is 7.49. The van der Waals surface area contributed by atoms with E-state index in [-0.39, 0.29) is 11.8 Å². The molecule has 1 amide bonds. The third kappa shape index (κ3) is 4.06. The lowest BCUT2D eigenvalue weighted by molar-refractivity contribution is -0.142. The number of hydrogen-bond acceptors (Lipinski definition) is 2. The summed E-state index contributed by atoms with van der Waals surface area (Å²) in [6.45, 7) is 1.92. The van der Waals surface area contributed by atoms with Crippen molar-refractivity contribution in [3.63, 3.8) is 0 Å². The number of aliphatic carboxylic acids is 1. The monoisotopic (exact) mass is 289 g/mol. The Kier molecular flexibility index (Phi) is 5.37. The summed E-state index contributed by atoms with van der Waals surface area (Å²) in [4.78, 5) is 23.2. The summed E-state index contributed by atoms with van der Waals surface area (Å²) in [6.07, 6.45) is 4.75. The van der Waals surface area contributed by atoms with Crippen molar-refractivity contribution in [2.45, 2.75) is 57.4 Å². The first kappa shape index (κ1) is 15.5. The Morgan fingerprint density at radius 1 is 1.38 bits per heavy atom. The molecular formula is C17H23NO3. The molecule has 1 aliphatic rings. The predicted molar refractivity (Wildman–Crippen MR) is 81.2 cm³/mol. The Balaban J connectivity index is 1.99. The third-order valence-electron chi connectivity index (χ3n) is 4.14. The highest BCUT2D eigenvalue weighted by Crippen LogP contribution is 2.33. The van der Waals surface area contributed by atoms with Gasteiger partial charge in [-0.2, -0.15) is 0 Å². The van der Waals surface area contributed by atoms with Gasteiger partial charge in [0.25, 0.3) is 0 Å². The molecule has 0 fully saturated rings. The molecule has 2 rings (SSSR count).